The van der Waals surface area contributed by atoms with Gasteiger partial charge in [-0.15, -0.1) is 0 Å². The van der Waals surface area contributed by atoms with Crippen molar-refractivity contribution in [2.24, 2.45) is 5.73 Å². The Hall–Kier alpha value is -1.68. The maximum atomic E-state index is 11.1. The van der Waals surface area contributed by atoms with E-state index >= 15 is 0 Å². The standard InChI is InChI=1S/C10H9ClN2O2/c1-5-7(10(12)14)8(11)9(13-5)6-3-2-4-15-6/h2-4,13H,1H3,(H2,12,14). The number of rotatable bonds is 2. The van der Waals surface area contributed by atoms with Crippen molar-refractivity contribution >= 4 is 17.5 Å². The molecule has 0 fully saturated rings. The molecule has 5 heteroatoms. The Bertz CT molecular complexity index is 500. The maximum Gasteiger partial charge on any atom is 0.252 e. The van der Waals surface area contributed by atoms with Gasteiger partial charge in [-0.05, 0) is 19.1 Å². The molecule has 0 atom stereocenters. The van der Waals surface area contributed by atoms with Crippen LogP contribution in [0.5, 0.6) is 0 Å². The third-order valence-electron chi connectivity index (χ3n) is 2.14. The highest BCUT2D eigenvalue weighted by Crippen LogP contribution is 2.32. The lowest BCUT2D eigenvalue weighted by molar-refractivity contribution is 0.1000. The van der Waals surface area contributed by atoms with Crippen LogP contribution >= 0.6 is 11.6 Å². The molecule has 0 radical (unpaired) electrons. The minimum absolute atomic E-state index is 0.301. The van der Waals surface area contributed by atoms with Crippen LogP contribution in [0.25, 0.3) is 11.5 Å². The lowest BCUT2D eigenvalue weighted by atomic mass is 10.2. The number of nitrogens with one attached hydrogen (secondary N) is 1. The molecule has 0 spiro atoms. The SMILES string of the molecule is Cc1[nH]c(-c2ccco2)c(Cl)c1C(N)=O. The van der Waals surface area contributed by atoms with Crippen molar-refractivity contribution in [1.82, 2.24) is 4.98 Å². The molecule has 0 aliphatic rings. The summed E-state index contributed by atoms with van der Waals surface area (Å²) in [5.74, 6) is 0.0298. The van der Waals surface area contributed by atoms with Crippen LogP contribution in [0.15, 0.2) is 22.8 Å². The number of furan rings is 1. The lowest BCUT2D eigenvalue weighted by Gasteiger charge is -1.93. The van der Waals surface area contributed by atoms with Crippen LogP contribution in [0.3, 0.4) is 0 Å². The molecule has 78 valence electrons. The fraction of sp³-hybridized carbons (Fsp3) is 0.100. The van der Waals surface area contributed by atoms with Crippen molar-refractivity contribution in [3.8, 4) is 11.5 Å². The zero-order valence-corrected chi connectivity index (χ0v) is 8.76. The van der Waals surface area contributed by atoms with E-state index in [1.165, 1.54) is 6.26 Å². The molecule has 2 aromatic rings. The van der Waals surface area contributed by atoms with Gasteiger partial charge in [0.2, 0.25) is 0 Å². The van der Waals surface area contributed by atoms with Crippen LogP contribution in [0, 0.1) is 6.92 Å². The Morgan fingerprint density at radius 2 is 2.33 bits per heavy atom. The van der Waals surface area contributed by atoms with Crippen LogP contribution in [-0.4, -0.2) is 10.9 Å². The highest BCUT2D eigenvalue weighted by Gasteiger charge is 2.19. The molecule has 0 unspecified atom stereocenters. The summed E-state index contributed by atoms with van der Waals surface area (Å²) in [5.41, 5.74) is 6.73. The second-order valence-corrected chi connectivity index (χ2v) is 3.53. The van der Waals surface area contributed by atoms with Gasteiger partial charge < -0.3 is 15.1 Å². The molecule has 2 heterocycles. The summed E-state index contributed by atoms with van der Waals surface area (Å²) in [5, 5.41) is 0.301. The van der Waals surface area contributed by atoms with Crippen LogP contribution in [0.4, 0.5) is 0 Å². The van der Waals surface area contributed by atoms with E-state index in [-0.39, 0.29) is 0 Å². The van der Waals surface area contributed by atoms with Crippen molar-refractivity contribution in [3.63, 3.8) is 0 Å². The lowest BCUT2D eigenvalue weighted by Crippen LogP contribution is -2.11. The first-order chi connectivity index (χ1) is 7.11. The molecule has 0 bridgehead atoms. The first-order valence-corrected chi connectivity index (χ1v) is 4.70. The minimum atomic E-state index is -0.549. The van der Waals surface area contributed by atoms with Crippen LogP contribution < -0.4 is 5.73 Å². The number of amides is 1. The zero-order chi connectivity index (χ0) is 11.0. The normalized spacial score (nSPS) is 10.5. The Balaban J connectivity index is 2.61. The van der Waals surface area contributed by atoms with Crippen LogP contribution in [0.1, 0.15) is 16.1 Å². The van der Waals surface area contributed by atoms with Crippen LogP contribution in [0.2, 0.25) is 5.02 Å². The van der Waals surface area contributed by atoms with Gasteiger partial charge in [0.25, 0.3) is 5.91 Å². The Kier molecular flexibility index (Phi) is 2.28. The number of primary amides is 1. The molecule has 0 aromatic carbocycles. The number of hydrogen-bond donors (Lipinski definition) is 2. The van der Waals surface area contributed by atoms with E-state index in [1.54, 1.807) is 19.1 Å². The number of carbonyl (C=O) groups excluding carboxylic acids is 1. The van der Waals surface area contributed by atoms with Gasteiger partial charge in [-0.25, -0.2) is 0 Å². The molecule has 0 aliphatic carbocycles. The average Bonchev–Trinajstić information content (AvgIpc) is 2.72. The van der Waals surface area contributed by atoms with Gasteiger partial charge in [0, 0.05) is 5.69 Å². The zero-order valence-electron chi connectivity index (χ0n) is 8.00. The van der Waals surface area contributed by atoms with Gasteiger partial charge >= 0.3 is 0 Å². The van der Waals surface area contributed by atoms with E-state index in [9.17, 15) is 4.79 Å². The number of nitrogens with two attached hydrogens (primary N) is 1. The number of hydrogen-bond acceptors (Lipinski definition) is 2. The molecule has 2 rings (SSSR count). The molecular weight excluding hydrogens is 216 g/mol. The molecule has 0 saturated heterocycles. The third-order valence-corrected chi connectivity index (χ3v) is 2.52. The summed E-state index contributed by atoms with van der Waals surface area (Å²) in [6.45, 7) is 1.73. The maximum absolute atomic E-state index is 11.1. The summed E-state index contributed by atoms with van der Waals surface area (Å²) in [4.78, 5) is 14.1. The van der Waals surface area contributed by atoms with E-state index in [1.807, 2.05) is 0 Å². The summed E-state index contributed by atoms with van der Waals surface area (Å²) in [6.07, 6.45) is 1.53. The van der Waals surface area contributed by atoms with Crippen molar-refractivity contribution in [2.45, 2.75) is 6.92 Å². The van der Waals surface area contributed by atoms with Gasteiger partial charge in [-0.3, -0.25) is 4.79 Å². The van der Waals surface area contributed by atoms with E-state index < -0.39 is 5.91 Å². The van der Waals surface area contributed by atoms with Gasteiger partial charge in [0.15, 0.2) is 5.76 Å². The van der Waals surface area contributed by atoms with Crippen molar-refractivity contribution in [2.75, 3.05) is 0 Å². The van der Waals surface area contributed by atoms with Gasteiger partial charge in [-0.2, -0.15) is 0 Å². The molecule has 0 aliphatic heterocycles. The summed E-state index contributed by atoms with van der Waals surface area (Å²) < 4.78 is 5.18. The highest BCUT2D eigenvalue weighted by atomic mass is 35.5. The second kappa shape index (κ2) is 3.47. The fourth-order valence-electron chi connectivity index (χ4n) is 1.48. The monoisotopic (exact) mass is 224 g/mol. The largest absolute Gasteiger partial charge is 0.463 e. The number of halogens is 1. The van der Waals surface area contributed by atoms with E-state index in [4.69, 9.17) is 21.8 Å². The van der Waals surface area contributed by atoms with E-state index in [0.717, 1.165) is 0 Å². The van der Waals surface area contributed by atoms with Crippen molar-refractivity contribution in [3.05, 3.63) is 34.7 Å². The Morgan fingerprint density at radius 3 is 2.80 bits per heavy atom. The molecule has 1 amide bonds. The van der Waals surface area contributed by atoms with Gasteiger partial charge in [-0.1, -0.05) is 11.6 Å². The summed E-state index contributed by atoms with van der Waals surface area (Å²) in [6, 6.07) is 3.49. The van der Waals surface area contributed by atoms with E-state index in [0.29, 0.717) is 27.7 Å². The third kappa shape index (κ3) is 1.53. The predicted molar refractivity (Wildman–Crippen MR) is 56.8 cm³/mol. The second-order valence-electron chi connectivity index (χ2n) is 3.16. The predicted octanol–water partition coefficient (Wildman–Crippen LogP) is 2.34. The Labute approximate surface area is 91.0 Å². The van der Waals surface area contributed by atoms with Crippen molar-refractivity contribution < 1.29 is 9.21 Å². The Morgan fingerprint density at radius 1 is 1.60 bits per heavy atom. The fourth-order valence-corrected chi connectivity index (χ4v) is 1.85. The number of H-pyrrole nitrogens is 1. The smallest absolute Gasteiger partial charge is 0.252 e. The number of aromatic nitrogens is 1. The van der Waals surface area contributed by atoms with Crippen molar-refractivity contribution in [1.29, 1.82) is 0 Å². The number of aryl methyl sites for hydroxylation is 1. The van der Waals surface area contributed by atoms with E-state index in [2.05, 4.69) is 4.98 Å². The number of aromatic amines is 1. The molecule has 4 nitrogen and oxygen atoms in total. The molecular formula is C10H9ClN2O2. The highest BCUT2D eigenvalue weighted by molar-refractivity contribution is 6.36. The molecule has 3 N–H and O–H groups in total. The van der Waals surface area contributed by atoms with Gasteiger partial charge in [0.1, 0.15) is 5.69 Å². The average molecular weight is 225 g/mol. The summed E-state index contributed by atoms with van der Waals surface area (Å²) >= 11 is 6.02. The quantitative estimate of drug-likeness (QED) is 0.822. The van der Waals surface area contributed by atoms with Crippen LogP contribution in [-0.2, 0) is 0 Å². The topological polar surface area (TPSA) is 72.0 Å². The first kappa shape index (κ1) is 9.86. The molecule has 0 saturated carbocycles. The summed E-state index contributed by atoms with van der Waals surface area (Å²) in [7, 11) is 0. The molecule has 2 aromatic heterocycles. The number of carbonyl (C=O) groups is 1. The molecule has 15 heavy (non-hydrogen) atoms. The minimum Gasteiger partial charge on any atom is -0.463 e. The first-order valence-electron chi connectivity index (χ1n) is 4.33. The van der Waals surface area contributed by atoms with Gasteiger partial charge in [0.05, 0.1) is 16.8 Å².